The van der Waals surface area contributed by atoms with Crippen molar-refractivity contribution in [3.63, 3.8) is 0 Å². The van der Waals surface area contributed by atoms with Gasteiger partial charge in [0.15, 0.2) is 28.4 Å². The second-order valence-electron chi connectivity index (χ2n) is 23.3. The van der Waals surface area contributed by atoms with Crippen molar-refractivity contribution < 1.29 is 84.5 Å². The van der Waals surface area contributed by atoms with Crippen molar-refractivity contribution in [1.29, 1.82) is 0 Å². The average Bonchev–Trinajstić information content (AvgIpc) is 1.63. The summed E-state index contributed by atoms with van der Waals surface area (Å²) in [5, 5.41) is 4.42. The third-order valence-electron chi connectivity index (χ3n) is 16.6. The van der Waals surface area contributed by atoms with E-state index in [0.717, 1.165) is 21.7 Å². The second kappa shape index (κ2) is 27.2. The van der Waals surface area contributed by atoms with Crippen molar-refractivity contribution >= 4 is 91.7 Å². The van der Waals surface area contributed by atoms with E-state index in [1.54, 1.807) is 37.4 Å². The maximum absolute atomic E-state index is 14.5. The molecule has 6 aliphatic heterocycles. The van der Waals surface area contributed by atoms with E-state index in [2.05, 4.69) is 15.5 Å². The third kappa shape index (κ3) is 13.9. The molecule has 0 bridgehead atoms. The van der Waals surface area contributed by atoms with Crippen molar-refractivity contribution in [2.45, 2.75) is 93.0 Å². The number of fused-ring (bicyclic) bond motifs is 8. The van der Waals surface area contributed by atoms with Crippen LogP contribution in [0.2, 0.25) is 0 Å². The zero-order valence-electron chi connectivity index (χ0n) is 50.9. The van der Waals surface area contributed by atoms with Gasteiger partial charge < -0.3 is 63.3 Å². The summed E-state index contributed by atoms with van der Waals surface area (Å²) in [5.41, 5.74) is 6.32. The van der Waals surface area contributed by atoms with Gasteiger partial charge in [0, 0.05) is 86.5 Å². The quantitative estimate of drug-likeness (QED) is 0.0300. The highest BCUT2D eigenvalue weighted by Gasteiger charge is 2.48. The van der Waals surface area contributed by atoms with Crippen molar-refractivity contribution in [2.24, 2.45) is 0 Å². The summed E-state index contributed by atoms with van der Waals surface area (Å²) in [6.07, 6.45) is 0.100. The van der Waals surface area contributed by atoms with Crippen LogP contribution in [-0.4, -0.2) is 172 Å². The van der Waals surface area contributed by atoms with Crippen LogP contribution in [0.4, 0.5) is 28.4 Å². The number of carbonyl (C=O) groups excluding carboxylic acids is 7. The van der Waals surface area contributed by atoms with E-state index in [9.17, 15) is 46.5 Å². The van der Waals surface area contributed by atoms with E-state index in [-0.39, 0.29) is 99.9 Å². The monoisotopic (exact) mass is 1290 g/mol. The van der Waals surface area contributed by atoms with Crippen LogP contribution in [0.5, 0.6) is 23.0 Å². The van der Waals surface area contributed by atoms with Crippen molar-refractivity contribution in [3.05, 3.63) is 124 Å². The number of ether oxygens (including phenoxy) is 7. The number of nitrogens with zero attached hydrogens (tertiary/aromatic N) is 5. The highest BCUT2D eigenvalue weighted by molar-refractivity contribution is 8.02. The first kappa shape index (κ1) is 64.1. The van der Waals surface area contributed by atoms with Gasteiger partial charge in [-0.25, -0.2) is 4.79 Å². The number of hydroxylamine groups is 2. The number of nitrogens with one attached hydrogen (secondary N) is 2. The number of para-hydroxylation sites is 2. The SMILES string of the molecule is COCCOCCOCCN(CC(C)(C)SC1CC(=O)N(CCC(=O)ON2C(=O)CCC2=O)C1=O)c1cc(COc2cc3c(cc2OC)C(=O)N2c4ccccc4C[C@H]2CN3)cc(COc2cc3c(cc2OC)C(=O)N2c4ccccc4C[C@@H]2C(S(=O)(=O)O)N3)c1. The number of imide groups is 2. The molecule has 0 spiro atoms. The zero-order chi connectivity index (χ0) is 64.3. The molecule has 2 unspecified atom stereocenters. The summed E-state index contributed by atoms with van der Waals surface area (Å²) in [5.74, 6) is -2.96. The highest BCUT2D eigenvalue weighted by Crippen LogP contribution is 2.45. The van der Waals surface area contributed by atoms with Crippen LogP contribution < -0.4 is 44.3 Å². The lowest BCUT2D eigenvalue weighted by Gasteiger charge is -2.35. The van der Waals surface area contributed by atoms with Gasteiger partial charge in [0.2, 0.25) is 11.8 Å². The molecule has 2 fully saturated rings. The maximum atomic E-state index is 14.5. The van der Waals surface area contributed by atoms with Crippen molar-refractivity contribution in [2.75, 3.05) is 106 Å². The first-order chi connectivity index (χ1) is 43.7. The number of benzene rings is 5. The standard InChI is InChI=1S/C64H71N7O18S2/c1-64(2,90-55-33-58(74)68(63(55)78)17-16-59(75)89-71-56(72)14-15-57(71)73)37-67(18-19-85-22-23-86-21-20-82-3)42-25-38(35-87-53-31-46-44(29-51(53)83-4)61(76)69-43(34-65-46)27-40-10-6-8-12-48(40)69)24-39(26-42)36-88-54-32-47-45(30-52(54)84-5)62(77)70-49-13-9-7-11-41(49)28-50(70)60(66-47)91(79,80)81/h6-13,24-26,29-32,43,50,55,60,65-66H,14-23,27-28,33-37H2,1-5H3,(H,79,80,81)/t43-,50+,55?,60?/m0/s1. The Morgan fingerprint density at radius 1 is 0.692 bits per heavy atom. The number of amides is 6. The van der Waals surface area contributed by atoms with Gasteiger partial charge in [-0.05, 0) is 91.4 Å². The molecule has 482 valence electrons. The Morgan fingerprint density at radius 2 is 1.27 bits per heavy atom. The number of hydrogen-bond donors (Lipinski definition) is 3. The first-order valence-corrected chi connectivity index (χ1v) is 32.2. The van der Waals surface area contributed by atoms with Gasteiger partial charge >= 0.3 is 5.97 Å². The van der Waals surface area contributed by atoms with Crippen LogP contribution in [0.25, 0.3) is 0 Å². The van der Waals surface area contributed by atoms with E-state index in [1.807, 2.05) is 67.3 Å². The molecule has 6 amide bonds. The van der Waals surface area contributed by atoms with Gasteiger partial charge in [0.1, 0.15) is 13.2 Å². The lowest BCUT2D eigenvalue weighted by molar-refractivity contribution is -0.197. The lowest BCUT2D eigenvalue weighted by atomic mass is 10.1. The molecule has 25 nitrogen and oxygen atoms in total. The maximum Gasteiger partial charge on any atom is 0.335 e. The molecule has 6 heterocycles. The van der Waals surface area contributed by atoms with E-state index >= 15 is 0 Å². The number of thioether (sulfide) groups is 1. The minimum Gasteiger partial charge on any atom is -0.493 e. The first-order valence-electron chi connectivity index (χ1n) is 29.8. The minimum atomic E-state index is -4.81. The number of anilines is 5. The van der Waals surface area contributed by atoms with Crippen molar-refractivity contribution in [3.8, 4) is 23.0 Å². The average molecular weight is 1290 g/mol. The number of likely N-dealkylation sites (tertiary alicyclic amines) is 1. The molecule has 2 saturated heterocycles. The molecule has 27 heteroatoms. The van der Waals surface area contributed by atoms with Gasteiger partial charge in [-0.3, -0.25) is 38.2 Å². The third-order valence-corrected chi connectivity index (χ3v) is 19.1. The van der Waals surface area contributed by atoms with Crippen LogP contribution in [0.3, 0.4) is 0 Å². The van der Waals surface area contributed by atoms with Gasteiger partial charge in [-0.15, -0.1) is 16.8 Å². The van der Waals surface area contributed by atoms with Gasteiger partial charge in [0.25, 0.3) is 33.7 Å². The summed E-state index contributed by atoms with van der Waals surface area (Å²) in [6, 6.07) is 26.0. The van der Waals surface area contributed by atoms with E-state index in [0.29, 0.717) is 89.6 Å². The van der Waals surface area contributed by atoms with Gasteiger partial charge in [-0.2, -0.15) is 8.42 Å². The smallest absolute Gasteiger partial charge is 0.335 e. The highest BCUT2D eigenvalue weighted by atomic mass is 32.2. The Labute approximate surface area is 530 Å². The zero-order valence-corrected chi connectivity index (χ0v) is 52.6. The van der Waals surface area contributed by atoms with Crippen LogP contribution in [0.15, 0.2) is 91.0 Å². The molecular formula is C64H71N7O18S2. The predicted octanol–water partition coefficient (Wildman–Crippen LogP) is 6.19. The molecule has 4 atom stereocenters. The van der Waals surface area contributed by atoms with Gasteiger partial charge in [0.05, 0.1) is 93.5 Å². The van der Waals surface area contributed by atoms with Gasteiger partial charge in [-0.1, -0.05) is 36.4 Å². The number of methoxy groups -OCH3 is 3. The summed E-state index contributed by atoms with van der Waals surface area (Å²) in [4.78, 5) is 104. The molecule has 0 aliphatic carbocycles. The Kier molecular flexibility index (Phi) is 19.1. The second-order valence-corrected chi connectivity index (χ2v) is 26.7. The topological polar surface area (TPSA) is 288 Å². The van der Waals surface area contributed by atoms with Crippen LogP contribution >= 0.6 is 11.8 Å². The lowest BCUT2D eigenvalue weighted by Crippen LogP contribution is -2.49. The largest absolute Gasteiger partial charge is 0.493 e. The van der Waals surface area contributed by atoms with E-state index in [4.69, 9.17) is 38.0 Å². The molecule has 0 radical (unpaired) electrons. The van der Waals surface area contributed by atoms with Crippen LogP contribution in [0.1, 0.15) is 82.5 Å². The molecule has 5 aromatic carbocycles. The fourth-order valence-electron chi connectivity index (χ4n) is 12.3. The molecule has 0 saturated carbocycles. The summed E-state index contributed by atoms with van der Waals surface area (Å²) >= 11 is 1.29. The van der Waals surface area contributed by atoms with Crippen LogP contribution in [-0.2, 0) is 79.2 Å². The normalized spacial score (nSPS) is 19.2. The molecule has 3 N–H and O–H groups in total. The number of hydrogen-bond acceptors (Lipinski definition) is 21. The predicted molar refractivity (Wildman–Crippen MR) is 334 cm³/mol. The van der Waals surface area contributed by atoms with E-state index < -0.39 is 73.5 Å². The number of carbonyl (C=O) groups is 7. The Morgan fingerprint density at radius 3 is 1.91 bits per heavy atom. The molecule has 11 rings (SSSR count). The van der Waals surface area contributed by atoms with Crippen LogP contribution in [0, 0.1) is 0 Å². The number of rotatable bonds is 27. The van der Waals surface area contributed by atoms with Crippen molar-refractivity contribution in [1.82, 2.24) is 9.96 Å². The fraction of sp³-hybridized carbons (Fsp3) is 0.422. The Hall–Kier alpha value is -8.47. The Balaban J connectivity index is 0.891. The minimum absolute atomic E-state index is 0.0356. The molecule has 6 aliphatic rings. The van der Waals surface area contributed by atoms with E-state index in [1.165, 1.54) is 43.0 Å². The Bertz CT molecular complexity index is 3780. The fourth-order valence-corrected chi connectivity index (χ4v) is 14.7. The summed E-state index contributed by atoms with van der Waals surface area (Å²) in [6.45, 7) is 6.06. The molecule has 91 heavy (non-hydrogen) atoms. The molecular weight excluding hydrogens is 1220 g/mol. The molecule has 0 aromatic heterocycles. The summed E-state index contributed by atoms with van der Waals surface area (Å²) < 4.78 is 78.1. The molecule has 5 aromatic rings. The summed E-state index contributed by atoms with van der Waals surface area (Å²) in [7, 11) is -0.309.